The quantitative estimate of drug-likeness (QED) is 0.685. The van der Waals surface area contributed by atoms with Gasteiger partial charge in [0.25, 0.3) is 5.69 Å². The Balaban J connectivity index is 1.98. The number of halogens is 3. The van der Waals surface area contributed by atoms with E-state index in [0.29, 0.717) is 5.56 Å². The van der Waals surface area contributed by atoms with E-state index in [1.54, 1.807) is 0 Å². The molecule has 1 aromatic heterocycles. The first kappa shape index (κ1) is 15.8. The highest BCUT2D eigenvalue weighted by atomic mass is 32.1. The van der Waals surface area contributed by atoms with E-state index in [2.05, 4.69) is 15.5 Å². The van der Waals surface area contributed by atoms with Gasteiger partial charge in [0.15, 0.2) is 0 Å². The summed E-state index contributed by atoms with van der Waals surface area (Å²) in [4.78, 5) is 21.6. The summed E-state index contributed by atoms with van der Waals surface area (Å²) in [6.45, 7) is 0. The lowest BCUT2D eigenvalue weighted by Crippen LogP contribution is -2.14. The van der Waals surface area contributed by atoms with Crippen molar-refractivity contribution in [1.82, 2.24) is 10.2 Å². The summed E-state index contributed by atoms with van der Waals surface area (Å²) in [6.07, 6.45) is -4.77. The predicted octanol–water partition coefficient (Wildman–Crippen LogP) is 2.65. The predicted molar refractivity (Wildman–Crippen MR) is 70.3 cm³/mol. The van der Waals surface area contributed by atoms with E-state index < -0.39 is 22.0 Å². The molecule has 0 saturated heterocycles. The van der Waals surface area contributed by atoms with Crippen molar-refractivity contribution >= 4 is 28.1 Å². The number of alkyl halides is 3. The summed E-state index contributed by atoms with van der Waals surface area (Å²) < 4.78 is 37.0. The highest BCUT2D eigenvalue weighted by molar-refractivity contribution is 7.15. The molecular formula is C11H7F3N4O3S. The van der Waals surface area contributed by atoms with Crippen LogP contribution in [0.25, 0.3) is 0 Å². The lowest BCUT2D eigenvalue weighted by Gasteiger charge is -2.01. The topological polar surface area (TPSA) is 98.0 Å². The van der Waals surface area contributed by atoms with Gasteiger partial charge >= 0.3 is 6.18 Å². The molecule has 0 spiro atoms. The van der Waals surface area contributed by atoms with Crippen LogP contribution in [0.15, 0.2) is 24.3 Å². The zero-order valence-electron chi connectivity index (χ0n) is 10.6. The fourth-order valence-corrected chi connectivity index (χ4v) is 2.10. The van der Waals surface area contributed by atoms with E-state index in [-0.39, 0.29) is 28.6 Å². The van der Waals surface area contributed by atoms with Crippen LogP contribution in [0.2, 0.25) is 0 Å². The van der Waals surface area contributed by atoms with Crippen LogP contribution in [0.4, 0.5) is 24.0 Å². The van der Waals surface area contributed by atoms with E-state index in [1.165, 1.54) is 24.3 Å². The van der Waals surface area contributed by atoms with Crippen LogP contribution < -0.4 is 5.32 Å². The Morgan fingerprint density at radius 3 is 2.41 bits per heavy atom. The molecule has 116 valence electrons. The first-order valence-electron chi connectivity index (χ1n) is 5.69. The fraction of sp³-hybridized carbons (Fsp3) is 0.182. The number of nitrogens with zero attached hydrogens (tertiary/aromatic N) is 3. The molecule has 2 aromatic rings. The monoisotopic (exact) mass is 332 g/mol. The zero-order chi connectivity index (χ0) is 16.3. The smallest absolute Gasteiger partial charge is 0.300 e. The average molecular weight is 332 g/mol. The molecule has 0 atom stereocenters. The van der Waals surface area contributed by atoms with Crippen molar-refractivity contribution in [2.24, 2.45) is 0 Å². The summed E-state index contributed by atoms with van der Waals surface area (Å²) in [5.41, 5.74) is 0.353. The highest BCUT2D eigenvalue weighted by Crippen LogP contribution is 2.32. The number of non-ortho nitro benzene ring substituents is 1. The first-order valence-corrected chi connectivity index (χ1v) is 6.51. The summed E-state index contributed by atoms with van der Waals surface area (Å²) in [5.74, 6) is -0.598. The molecule has 0 radical (unpaired) electrons. The molecule has 0 saturated carbocycles. The number of benzene rings is 1. The summed E-state index contributed by atoms with van der Waals surface area (Å²) in [7, 11) is 0. The first-order chi connectivity index (χ1) is 10.3. The van der Waals surface area contributed by atoms with Crippen molar-refractivity contribution in [2.75, 3.05) is 5.32 Å². The number of carbonyl (C=O) groups excluding carboxylic acids is 1. The number of hydrogen-bond donors (Lipinski definition) is 1. The molecule has 0 bridgehead atoms. The largest absolute Gasteiger partial charge is 0.445 e. The van der Waals surface area contributed by atoms with Gasteiger partial charge in [-0.2, -0.15) is 13.2 Å². The van der Waals surface area contributed by atoms with Crippen molar-refractivity contribution in [3.63, 3.8) is 0 Å². The maximum Gasteiger partial charge on any atom is 0.445 e. The molecule has 0 aliphatic heterocycles. The van der Waals surface area contributed by atoms with Crippen LogP contribution in [0.3, 0.4) is 0 Å². The van der Waals surface area contributed by atoms with Crippen LogP contribution in [0.5, 0.6) is 0 Å². The Morgan fingerprint density at radius 1 is 1.27 bits per heavy atom. The zero-order valence-corrected chi connectivity index (χ0v) is 11.4. The number of aromatic nitrogens is 2. The lowest BCUT2D eigenvalue weighted by molar-refractivity contribution is -0.384. The maximum absolute atomic E-state index is 12.3. The SMILES string of the molecule is O=C(Cc1ccc([N+](=O)[O-])cc1)Nc1nnc(C(F)(F)F)s1. The van der Waals surface area contributed by atoms with Gasteiger partial charge in [0.1, 0.15) is 0 Å². The maximum atomic E-state index is 12.3. The van der Waals surface area contributed by atoms with E-state index in [4.69, 9.17) is 0 Å². The molecule has 0 fully saturated rings. The van der Waals surface area contributed by atoms with Crippen molar-refractivity contribution in [1.29, 1.82) is 0 Å². The van der Waals surface area contributed by atoms with Gasteiger partial charge in [0.2, 0.25) is 16.0 Å². The number of rotatable bonds is 4. The Labute approximate surface area is 124 Å². The van der Waals surface area contributed by atoms with Gasteiger partial charge in [0, 0.05) is 12.1 Å². The number of hydrogen-bond acceptors (Lipinski definition) is 6. The lowest BCUT2D eigenvalue weighted by atomic mass is 10.1. The van der Waals surface area contributed by atoms with E-state index >= 15 is 0 Å². The van der Waals surface area contributed by atoms with Gasteiger partial charge in [-0.25, -0.2) is 0 Å². The number of nitrogens with one attached hydrogen (secondary N) is 1. The molecule has 0 unspecified atom stereocenters. The second kappa shape index (κ2) is 6.05. The Hall–Kier alpha value is -2.56. The van der Waals surface area contributed by atoms with Crippen LogP contribution in [0.1, 0.15) is 10.6 Å². The molecule has 0 aliphatic rings. The molecule has 1 N–H and O–H groups in total. The van der Waals surface area contributed by atoms with Crippen molar-refractivity contribution in [3.8, 4) is 0 Å². The number of amides is 1. The van der Waals surface area contributed by atoms with Crippen LogP contribution >= 0.6 is 11.3 Å². The van der Waals surface area contributed by atoms with Crippen molar-refractivity contribution in [3.05, 3.63) is 45.0 Å². The molecule has 1 aromatic carbocycles. The summed E-state index contributed by atoms with van der Waals surface area (Å²) in [6, 6.07) is 5.24. The van der Waals surface area contributed by atoms with E-state index in [0.717, 1.165) is 0 Å². The third kappa shape index (κ3) is 3.97. The molecular weight excluding hydrogens is 325 g/mol. The molecule has 1 amide bonds. The van der Waals surface area contributed by atoms with Crippen molar-refractivity contribution in [2.45, 2.75) is 12.6 Å². The Kier molecular flexibility index (Phi) is 4.35. The second-order valence-corrected chi connectivity index (χ2v) is 5.04. The second-order valence-electron chi connectivity index (χ2n) is 4.06. The Morgan fingerprint density at radius 2 is 1.91 bits per heavy atom. The van der Waals surface area contributed by atoms with Crippen molar-refractivity contribution < 1.29 is 22.9 Å². The van der Waals surface area contributed by atoms with Gasteiger partial charge in [-0.05, 0) is 5.56 Å². The molecule has 11 heteroatoms. The standard InChI is InChI=1S/C11H7F3N4O3S/c12-11(13,14)9-16-17-10(22-9)15-8(19)5-6-1-3-7(4-2-6)18(20)21/h1-4H,5H2,(H,15,17,19). The fourth-order valence-electron chi connectivity index (χ4n) is 1.47. The summed E-state index contributed by atoms with van der Waals surface area (Å²) in [5, 5.41) is 17.4. The third-order valence-corrected chi connectivity index (χ3v) is 3.31. The molecule has 22 heavy (non-hydrogen) atoms. The number of carbonyl (C=O) groups is 1. The highest BCUT2D eigenvalue weighted by Gasteiger charge is 2.35. The number of nitro groups is 1. The minimum Gasteiger partial charge on any atom is -0.300 e. The van der Waals surface area contributed by atoms with Gasteiger partial charge in [-0.1, -0.05) is 23.5 Å². The Bertz CT molecular complexity index is 699. The van der Waals surface area contributed by atoms with E-state index in [9.17, 15) is 28.1 Å². The average Bonchev–Trinajstić information content (AvgIpc) is 2.87. The van der Waals surface area contributed by atoms with Gasteiger partial charge in [0.05, 0.1) is 11.3 Å². The molecule has 2 rings (SSSR count). The molecule has 0 aliphatic carbocycles. The van der Waals surface area contributed by atoms with Crippen LogP contribution in [-0.2, 0) is 17.4 Å². The van der Waals surface area contributed by atoms with Crippen LogP contribution in [-0.4, -0.2) is 21.0 Å². The minimum absolute atomic E-state index is 0.122. The third-order valence-electron chi connectivity index (χ3n) is 2.43. The normalized spacial score (nSPS) is 11.2. The summed E-state index contributed by atoms with van der Waals surface area (Å²) >= 11 is 0.217. The minimum atomic E-state index is -4.61. The van der Waals surface area contributed by atoms with Gasteiger partial charge in [-0.3, -0.25) is 14.9 Å². The number of nitro benzene ring substituents is 1. The van der Waals surface area contributed by atoms with Gasteiger partial charge in [-0.15, -0.1) is 10.2 Å². The van der Waals surface area contributed by atoms with E-state index in [1.807, 2.05) is 0 Å². The van der Waals surface area contributed by atoms with Gasteiger partial charge < -0.3 is 5.32 Å². The number of anilines is 1. The molecule has 7 nitrogen and oxygen atoms in total. The van der Waals surface area contributed by atoms with Crippen LogP contribution in [0, 0.1) is 10.1 Å². The molecule has 1 heterocycles.